The van der Waals surface area contributed by atoms with Gasteiger partial charge in [-0.15, -0.1) is 0 Å². The molecule has 0 fully saturated rings. The van der Waals surface area contributed by atoms with Crippen molar-refractivity contribution in [3.63, 3.8) is 0 Å². The number of hydrogen-bond donors (Lipinski definition) is 3. The molecule has 0 unspecified atom stereocenters. The largest absolute Gasteiger partial charge is 0.550 e. The van der Waals surface area contributed by atoms with E-state index in [1.807, 2.05) is 13.8 Å². The van der Waals surface area contributed by atoms with E-state index in [2.05, 4.69) is 10.9 Å². The number of aliphatic carboxylic acids is 1. The number of aromatic hydroxyl groups is 1. The summed E-state index contributed by atoms with van der Waals surface area (Å²) in [7, 11) is 0. The van der Waals surface area contributed by atoms with Crippen LogP contribution in [0.1, 0.15) is 37.0 Å². The van der Waals surface area contributed by atoms with Gasteiger partial charge in [0, 0.05) is 11.9 Å². The molecule has 0 bridgehead atoms. The van der Waals surface area contributed by atoms with Crippen molar-refractivity contribution in [1.82, 2.24) is 10.9 Å². The molecule has 1 aliphatic rings. The van der Waals surface area contributed by atoms with Crippen LogP contribution >= 0.6 is 0 Å². The summed E-state index contributed by atoms with van der Waals surface area (Å²) < 4.78 is 0. The van der Waals surface area contributed by atoms with E-state index >= 15 is 0 Å². The van der Waals surface area contributed by atoms with E-state index in [1.54, 1.807) is 12.1 Å². The quantitative estimate of drug-likeness (QED) is 0.542. The molecule has 0 saturated carbocycles. The van der Waals surface area contributed by atoms with Gasteiger partial charge in [-0.05, 0) is 38.8 Å². The standard InChI is InChI=1S/C17H20N2O5/c1-9-7-12(13(17(23)24)8-10(9)2)16(22)19-18-15(21)11-5-3-4-6-14(11)20/h3-6,12-13,20H,7-8H2,1-2H3,(H,18,21)(H,19,22)(H,23,24)/p-1/t12-,13-/m0/s1. The first-order valence-corrected chi connectivity index (χ1v) is 7.55. The van der Waals surface area contributed by atoms with E-state index in [9.17, 15) is 24.6 Å². The Hall–Kier alpha value is -2.83. The summed E-state index contributed by atoms with van der Waals surface area (Å²) in [4.78, 5) is 35.5. The lowest BCUT2D eigenvalue weighted by Gasteiger charge is -2.32. The molecule has 1 aliphatic carbocycles. The van der Waals surface area contributed by atoms with Crippen molar-refractivity contribution in [2.24, 2.45) is 11.8 Å². The molecule has 2 atom stereocenters. The lowest BCUT2D eigenvalue weighted by atomic mass is 9.76. The van der Waals surface area contributed by atoms with Crippen molar-refractivity contribution in [2.45, 2.75) is 26.7 Å². The zero-order valence-electron chi connectivity index (χ0n) is 13.5. The third kappa shape index (κ3) is 3.73. The van der Waals surface area contributed by atoms with Gasteiger partial charge < -0.3 is 15.0 Å². The smallest absolute Gasteiger partial charge is 0.273 e. The van der Waals surface area contributed by atoms with E-state index in [4.69, 9.17) is 0 Å². The van der Waals surface area contributed by atoms with Crippen molar-refractivity contribution in [1.29, 1.82) is 0 Å². The van der Waals surface area contributed by atoms with Crippen LogP contribution in [0.25, 0.3) is 0 Å². The lowest BCUT2D eigenvalue weighted by Crippen LogP contribution is -2.49. The minimum Gasteiger partial charge on any atom is -0.550 e. The summed E-state index contributed by atoms with van der Waals surface area (Å²) in [6.07, 6.45) is 0.544. The zero-order chi connectivity index (χ0) is 17.9. The predicted octanol–water partition coefficient (Wildman–Crippen LogP) is 0.266. The van der Waals surface area contributed by atoms with Crippen LogP contribution in [0.15, 0.2) is 35.4 Å². The molecule has 0 aromatic heterocycles. The first-order chi connectivity index (χ1) is 11.3. The minimum absolute atomic E-state index is 0.00446. The molecular formula is C17H19N2O5-. The Bertz CT molecular complexity index is 711. The molecule has 0 saturated heterocycles. The number of hydrazine groups is 1. The molecule has 2 rings (SSSR count). The van der Waals surface area contributed by atoms with Crippen molar-refractivity contribution >= 4 is 17.8 Å². The zero-order valence-corrected chi connectivity index (χ0v) is 13.5. The van der Waals surface area contributed by atoms with Gasteiger partial charge in [0.05, 0.1) is 11.5 Å². The fraction of sp³-hybridized carbons (Fsp3) is 0.353. The van der Waals surface area contributed by atoms with Crippen LogP contribution < -0.4 is 16.0 Å². The van der Waals surface area contributed by atoms with Gasteiger partial charge in [-0.1, -0.05) is 23.3 Å². The van der Waals surface area contributed by atoms with Gasteiger partial charge in [0.15, 0.2) is 0 Å². The maximum atomic E-state index is 12.3. The molecule has 1 aromatic rings. The summed E-state index contributed by atoms with van der Waals surface area (Å²) in [5.74, 6) is -4.54. The summed E-state index contributed by atoms with van der Waals surface area (Å²) in [5.41, 5.74) is 6.33. The molecule has 0 radical (unpaired) electrons. The highest BCUT2D eigenvalue weighted by Gasteiger charge is 2.33. The number of carboxylic acids is 1. The third-order valence-electron chi connectivity index (χ3n) is 4.35. The molecule has 24 heavy (non-hydrogen) atoms. The molecular weight excluding hydrogens is 312 g/mol. The Morgan fingerprint density at radius 3 is 2.21 bits per heavy atom. The maximum Gasteiger partial charge on any atom is 0.273 e. The number of amides is 2. The first kappa shape index (κ1) is 17.5. The van der Waals surface area contributed by atoms with Gasteiger partial charge in [-0.2, -0.15) is 0 Å². The molecule has 0 spiro atoms. The number of phenols is 1. The fourth-order valence-electron chi connectivity index (χ4n) is 2.76. The topological polar surface area (TPSA) is 119 Å². The lowest BCUT2D eigenvalue weighted by molar-refractivity contribution is -0.313. The first-order valence-electron chi connectivity index (χ1n) is 7.55. The van der Waals surface area contributed by atoms with Crippen LogP contribution in [-0.2, 0) is 9.59 Å². The Morgan fingerprint density at radius 1 is 1.04 bits per heavy atom. The SMILES string of the molecule is CC1=C(C)C[C@H](C(=O)NNC(=O)c2ccccc2O)[C@@H](C(=O)[O-])C1. The van der Waals surface area contributed by atoms with E-state index in [0.717, 1.165) is 11.1 Å². The average Bonchev–Trinajstić information content (AvgIpc) is 2.54. The van der Waals surface area contributed by atoms with E-state index < -0.39 is 29.6 Å². The molecule has 2 amide bonds. The number of carbonyl (C=O) groups excluding carboxylic acids is 3. The number of benzene rings is 1. The number of allylic oxidation sites excluding steroid dienone is 2. The van der Waals surface area contributed by atoms with Crippen molar-refractivity contribution in [2.75, 3.05) is 0 Å². The second kappa shape index (κ2) is 7.16. The minimum atomic E-state index is -1.28. The van der Waals surface area contributed by atoms with E-state index in [0.29, 0.717) is 6.42 Å². The number of carboxylic acid groups (broad SMARTS) is 1. The van der Waals surface area contributed by atoms with Crippen LogP contribution in [0, 0.1) is 11.8 Å². The summed E-state index contributed by atoms with van der Waals surface area (Å²) in [6.45, 7) is 3.68. The molecule has 7 heteroatoms. The highest BCUT2D eigenvalue weighted by atomic mass is 16.4. The van der Waals surface area contributed by atoms with E-state index in [-0.39, 0.29) is 17.7 Å². The van der Waals surface area contributed by atoms with Gasteiger partial charge in [0.2, 0.25) is 5.91 Å². The molecule has 3 N–H and O–H groups in total. The predicted molar refractivity (Wildman–Crippen MR) is 83.3 cm³/mol. The Morgan fingerprint density at radius 2 is 1.62 bits per heavy atom. The maximum absolute atomic E-state index is 12.3. The average molecular weight is 331 g/mol. The number of phenolic OH excluding ortho intramolecular Hbond substituents is 1. The monoisotopic (exact) mass is 331 g/mol. The summed E-state index contributed by atoms with van der Waals surface area (Å²) in [5, 5.41) is 20.9. The van der Waals surface area contributed by atoms with Crippen LogP contribution in [0.4, 0.5) is 0 Å². The second-order valence-electron chi connectivity index (χ2n) is 5.96. The number of para-hydroxylation sites is 1. The Labute approximate surface area is 139 Å². The van der Waals surface area contributed by atoms with Gasteiger partial charge in [-0.25, -0.2) is 0 Å². The molecule has 1 aromatic carbocycles. The Balaban J connectivity index is 2.05. The molecule has 0 aliphatic heterocycles. The third-order valence-corrected chi connectivity index (χ3v) is 4.35. The Kier molecular flexibility index (Phi) is 5.23. The normalized spacial score (nSPS) is 20.4. The number of nitrogens with one attached hydrogen (secondary N) is 2. The highest BCUT2D eigenvalue weighted by molar-refractivity contribution is 5.98. The summed E-state index contributed by atoms with van der Waals surface area (Å²) >= 11 is 0. The van der Waals surface area contributed by atoms with Gasteiger partial charge >= 0.3 is 0 Å². The summed E-state index contributed by atoms with van der Waals surface area (Å²) in [6, 6.07) is 5.88. The number of hydrogen-bond acceptors (Lipinski definition) is 5. The fourth-order valence-corrected chi connectivity index (χ4v) is 2.76. The van der Waals surface area contributed by atoms with Crippen molar-refractivity contribution in [3.8, 4) is 5.75 Å². The van der Waals surface area contributed by atoms with E-state index in [1.165, 1.54) is 12.1 Å². The number of rotatable bonds is 3. The molecule has 0 heterocycles. The van der Waals surface area contributed by atoms with Crippen LogP contribution in [0.3, 0.4) is 0 Å². The molecule has 7 nitrogen and oxygen atoms in total. The van der Waals surface area contributed by atoms with Gasteiger partial charge in [0.1, 0.15) is 5.75 Å². The van der Waals surface area contributed by atoms with Crippen molar-refractivity contribution in [3.05, 3.63) is 41.0 Å². The second-order valence-corrected chi connectivity index (χ2v) is 5.96. The molecule has 128 valence electrons. The van der Waals surface area contributed by atoms with Gasteiger partial charge in [0.25, 0.3) is 5.91 Å². The highest BCUT2D eigenvalue weighted by Crippen LogP contribution is 2.33. The number of carbonyl (C=O) groups is 3. The van der Waals surface area contributed by atoms with Crippen LogP contribution in [0.5, 0.6) is 5.75 Å². The van der Waals surface area contributed by atoms with Crippen molar-refractivity contribution < 1.29 is 24.6 Å². The van der Waals surface area contributed by atoms with Crippen LogP contribution in [0.2, 0.25) is 0 Å². The van der Waals surface area contributed by atoms with Crippen LogP contribution in [-0.4, -0.2) is 22.9 Å². The van der Waals surface area contributed by atoms with Gasteiger partial charge in [-0.3, -0.25) is 20.4 Å².